The van der Waals surface area contributed by atoms with E-state index in [0.717, 1.165) is 5.82 Å². The Bertz CT molecular complexity index is 710. The van der Waals surface area contributed by atoms with Gasteiger partial charge in [0.05, 0.1) is 0 Å². The second-order valence-electron chi connectivity index (χ2n) is 7.88. The molecular formula is C24H35B5Br8Cl2. The summed E-state index contributed by atoms with van der Waals surface area (Å²) in [6.45, 7) is 8.96. The Morgan fingerprint density at radius 3 is 1.62 bits per heavy atom. The van der Waals surface area contributed by atoms with Crippen LogP contribution in [0.5, 0.6) is 0 Å². The van der Waals surface area contributed by atoms with Crippen LogP contribution in [0.4, 0.5) is 0 Å². The van der Waals surface area contributed by atoms with Crippen LogP contribution in [0.15, 0.2) is 73.5 Å². The Morgan fingerprint density at radius 1 is 0.795 bits per heavy atom. The standard InChI is InChI=1S/C8H7BBr2.2C6H11BBr2.C2H3BBr2.C2H3BCl2/c10-9(11)7-6-8-4-2-1-3-5-8;8-7(9)6-4-2-1-3-5-6;1-2-3-4-5-6-7(8)9;2*1-2-3(4)5/h1-7H;6H,1-5H2;5-6H,2-4H2,1H3;2*2H,1H2. The van der Waals surface area contributed by atoms with Crippen molar-refractivity contribution in [2.24, 2.45) is 0 Å². The molecule has 0 saturated heterocycles. The summed E-state index contributed by atoms with van der Waals surface area (Å²) in [4.78, 5) is 0. The molecule has 0 aliphatic heterocycles. The smallest absolute Gasteiger partial charge is 0.165 e. The molecule has 1 aromatic rings. The largest absolute Gasteiger partial charge is 0.375 e. The van der Waals surface area contributed by atoms with E-state index in [1.165, 1.54) is 62.9 Å². The first-order chi connectivity index (χ1) is 18.4. The van der Waals surface area contributed by atoms with E-state index in [1.54, 1.807) is 5.98 Å². The Hall–Kier alpha value is 2.92. The third kappa shape index (κ3) is 43.1. The molecule has 1 fully saturated rings. The average molecular weight is 1090 g/mol. The molecular weight excluding hydrogens is 1050 g/mol. The van der Waals surface area contributed by atoms with Crippen LogP contribution >= 0.6 is 149 Å². The first-order valence-electron chi connectivity index (χ1n) is 12.5. The summed E-state index contributed by atoms with van der Waals surface area (Å²) in [6, 6.07) is 10.2. The molecule has 0 atom stereocenters. The van der Waals surface area contributed by atoms with Gasteiger partial charge >= 0.3 is 23.0 Å². The summed E-state index contributed by atoms with van der Waals surface area (Å²) in [5, 5.41) is 0. The number of rotatable bonds is 9. The van der Waals surface area contributed by atoms with Crippen molar-refractivity contribution in [3.05, 3.63) is 79.0 Å². The Balaban J connectivity index is -0.000000430. The van der Waals surface area contributed by atoms with Crippen LogP contribution < -0.4 is 0 Å². The molecule has 1 saturated carbocycles. The summed E-state index contributed by atoms with van der Waals surface area (Å²) in [6.07, 6.45) is 15.1. The van der Waals surface area contributed by atoms with Gasteiger partial charge < -0.3 is 0 Å². The quantitative estimate of drug-likeness (QED) is 0.171. The van der Waals surface area contributed by atoms with Crippen LogP contribution in [0, 0.1) is 0 Å². The zero-order valence-electron chi connectivity index (χ0n) is 22.2. The van der Waals surface area contributed by atoms with Crippen LogP contribution in [-0.2, 0) is 0 Å². The van der Waals surface area contributed by atoms with Gasteiger partial charge in [-0.15, -0.1) is 139 Å². The van der Waals surface area contributed by atoms with Crippen molar-refractivity contribution in [1.82, 2.24) is 0 Å². The van der Waals surface area contributed by atoms with E-state index in [1.807, 2.05) is 24.2 Å². The van der Waals surface area contributed by atoms with Gasteiger partial charge in [-0.05, 0) is 17.8 Å². The lowest BCUT2D eigenvalue weighted by Crippen LogP contribution is -2.09. The first-order valence-corrected chi connectivity index (χ1v) is 20.7. The molecule has 0 unspecified atom stereocenters. The highest BCUT2D eigenvalue weighted by Gasteiger charge is 2.21. The van der Waals surface area contributed by atoms with Gasteiger partial charge in [0.15, 0.2) is 0 Å². The lowest BCUT2D eigenvalue weighted by molar-refractivity contribution is 0.502. The van der Waals surface area contributed by atoms with Crippen molar-refractivity contribution in [2.75, 3.05) is 0 Å². The summed E-state index contributed by atoms with van der Waals surface area (Å²) >= 11 is 37.1. The fourth-order valence-corrected chi connectivity index (χ4v) is 4.45. The second kappa shape index (κ2) is 35.4. The van der Waals surface area contributed by atoms with Gasteiger partial charge in [0, 0.05) is 0 Å². The topological polar surface area (TPSA) is 0 Å². The van der Waals surface area contributed by atoms with Gasteiger partial charge in [-0.25, -0.2) is 0 Å². The normalized spacial score (nSPS) is 12.2. The van der Waals surface area contributed by atoms with E-state index in [9.17, 15) is 0 Å². The van der Waals surface area contributed by atoms with E-state index in [2.05, 4.69) is 176 Å². The molecule has 0 spiro atoms. The average Bonchev–Trinajstić information content (AvgIpc) is 2.92. The van der Waals surface area contributed by atoms with Crippen molar-refractivity contribution in [1.29, 1.82) is 0 Å². The van der Waals surface area contributed by atoms with E-state index in [4.69, 9.17) is 22.9 Å². The molecule has 2 rings (SSSR count). The highest BCUT2D eigenvalue weighted by atomic mass is 79.9. The van der Waals surface area contributed by atoms with Crippen LogP contribution in [0.3, 0.4) is 0 Å². The predicted molar refractivity (Wildman–Crippen MR) is 223 cm³/mol. The van der Waals surface area contributed by atoms with Gasteiger partial charge in [0.1, 0.15) is 0 Å². The summed E-state index contributed by atoms with van der Waals surface area (Å²) in [5.41, 5.74) is 0.811. The van der Waals surface area contributed by atoms with Gasteiger partial charge in [-0.3, -0.25) is 0 Å². The lowest BCUT2D eigenvalue weighted by atomic mass is 9.75. The Kier molecular flexibility index (Phi) is 42.1. The zero-order chi connectivity index (χ0) is 30.5. The van der Waals surface area contributed by atoms with Crippen molar-refractivity contribution in [3.63, 3.8) is 0 Å². The number of hydrogen-bond acceptors (Lipinski definition) is 0. The molecule has 15 heteroatoms. The van der Waals surface area contributed by atoms with E-state index in [0.29, 0.717) is 8.72 Å². The molecule has 216 valence electrons. The molecule has 1 aliphatic rings. The summed E-state index contributed by atoms with van der Waals surface area (Å²) in [5.74, 6) is 8.23. The predicted octanol–water partition coefficient (Wildman–Crippen LogP) is 14.3. The van der Waals surface area contributed by atoms with E-state index < -0.39 is 5.54 Å². The minimum Gasteiger partial charge on any atom is -0.165 e. The summed E-state index contributed by atoms with van der Waals surface area (Å²) < 4.78 is 1.44. The third-order valence-corrected chi connectivity index (χ3v) is 8.42. The minimum atomic E-state index is -0.407. The summed E-state index contributed by atoms with van der Waals surface area (Å²) in [7, 11) is 0. The van der Waals surface area contributed by atoms with Crippen LogP contribution in [0.1, 0.15) is 63.9 Å². The van der Waals surface area contributed by atoms with Gasteiger partial charge in [0.25, 0.3) is 0 Å². The van der Waals surface area contributed by atoms with Crippen LogP contribution in [0.2, 0.25) is 5.82 Å². The van der Waals surface area contributed by atoms with Crippen molar-refractivity contribution in [2.45, 2.75) is 64.1 Å². The number of benzene rings is 1. The molecule has 39 heavy (non-hydrogen) atoms. The highest BCUT2D eigenvalue weighted by Crippen LogP contribution is 2.35. The van der Waals surface area contributed by atoms with Crippen molar-refractivity contribution < 1.29 is 0 Å². The maximum atomic E-state index is 5.11. The highest BCUT2D eigenvalue weighted by molar-refractivity contribution is 9.50. The fourth-order valence-electron chi connectivity index (χ4n) is 2.66. The fraction of sp³-hybridized carbons (Fsp3) is 0.417. The number of unbranched alkanes of at least 4 members (excludes halogenated alkanes) is 2. The van der Waals surface area contributed by atoms with Crippen molar-refractivity contribution in [3.8, 4) is 0 Å². The van der Waals surface area contributed by atoms with Gasteiger partial charge in [0.2, 0.25) is 0 Å². The first kappa shape index (κ1) is 46.3. The third-order valence-electron chi connectivity index (χ3n) is 4.60. The molecule has 0 nitrogen and oxygen atoms in total. The molecule has 1 aromatic carbocycles. The van der Waals surface area contributed by atoms with Gasteiger partial charge in [-0.2, -0.15) is 22.9 Å². The van der Waals surface area contributed by atoms with E-state index in [-0.39, 0.29) is 8.72 Å². The molecule has 0 aromatic heterocycles. The van der Waals surface area contributed by atoms with Crippen LogP contribution in [0.25, 0.3) is 6.08 Å². The number of allylic oxidation sites excluding steroid dienone is 1. The SMILES string of the molecule is BrB(Br)C1CCCCC1.BrB(Br)C=Cc1ccccc1.C=CB(Br)Br.C=CB(Cl)Cl.CCCCC=CB(Br)Br. The monoisotopic (exact) mass is 1080 g/mol. The minimum absolute atomic E-state index is 0.259. The molecule has 0 amide bonds. The Labute approximate surface area is 316 Å². The maximum absolute atomic E-state index is 5.11. The van der Waals surface area contributed by atoms with E-state index >= 15 is 0 Å². The molecule has 0 bridgehead atoms. The molecule has 0 radical (unpaired) electrons. The zero-order valence-corrected chi connectivity index (χ0v) is 36.4. The molecule has 0 heterocycles. The number of halogens is 10. The maximum Gasteiger partial charge on any atom is 0.375 e. The second-order valence-corrected chi connectivity index (χ2v) is 21.9. The van der Waals surface area contributed by atoms with Crippen LogP contribution in [-0.4, -0.2) is 23.0 Å². The Morgan fingerprint density at radius 2 is 1.28 bits per heavy atom. The lowest BCUT2D eigenvalue weighted by Gasteiger charge is -2.20. The number of hydrogen-bond donors (Lipinski definition) is 0. The molecule has 0 N–H and O–H groups in total. The molecule has 1 aliphatic carbocycles. The van der Waals surface area contributed by atoms with Crippen molar-refractivity contribution >= 4 is 178 Å². The van der Waals surface area contributed by atoms with Gasteiger partial charge in [-0.1, -0.05) is 118 Å².